The Balaban J connectivity index is 0. The van der Waals surface area contributed by atoms with Gasteiger partial charge in [0, 0.05) is 13.2 Å². The lowest BCUT2D eigenvalue weighted by atomic mass is 10.6. The van der Waals surface area contributed by atoms with Crippen LogP contribution in [0.4, 0.5) is 0 Å². The fourth-order valence-electron chi connectivity index (χ4n) is 0.269. The summed E-state index contributed by atoms with van der Waals surface area (Å²) in [4.78, 5) is 17.8. The molecular weight excluding hydrogens is 167 g/mol. The highest BCUT2D eigenvalue weighted by Gasteiger charge is 1.88. The van der Waals surface area contributed by atoms with E-state index in [-0.39, 0.29) is 12.5 Å². The Morgan fingerprint density at radius 3 is 2.18 bits per heavy atom. The van der Waals surface area contributed by atoms with Gasteiger partial charge in [-0.25, -0.2) is 0 Å². The van der Waals surface area contributed by atoms with E-state index in [4.69, 9.17) is 10.6 Å². The van der Waals surface area contributed by atoms with E-state index in [1.807, 2.05) is 6.92 Å². The molecule has 0 saturated carbocycles. The Bertz CT molecular complexity index is 125. The maximum absolute atomic E-state index is 10.2. The van der Waals surface area contributed by atoms with E-state index >= 15 is 0 Å². The summed E-state index contributed by atoms with van der Waals surface area (Å²) in [6.07, 6.45) is 0. The molecule has 0 aromatic rings. The smallest absolute Gasteiger partial charge is 0.233 e. The number of carbonyl (C=O) groups is 1. The summed E-state index contributed by atoms with van der Waals surface area (Å²) in [6, 6.07) is 0. The van der Waals surface area contributed by atoms with Gasteiger partial charge in [0.2, 0.25) is 5.91 Å². The van der Waals surface area contributed by atoms with E-state index in [1.165, 1.54) is 6.66 Å². The van der Waals surface area contributed by atoms with Gasteiger partial charge in [-0.2, -0.15) is 0 Å². The molecule has 1 amide bonds. The van der Waals surface area contributed by atoms with Crippen molar-refractivity contribution in [3.63, 3.8) is 0 Å². The van der Waals surface area contributed by atoms with E-state index in [2.05, 4.69) is 5.32 Å². The Morgan fingerprint density at radius 2 is 2.09 bits per heavy atom. The fraction of sp³-hybridized carbons (Fsp3) is 0.800. The number of hydrogen-bond donors (Lipinski definition) is 3. The first-order valence-electron chi connectivity index (χ1n) is 3.20. The second kappa shape index (κ2) is 9.62. The van der Waals surface area contributed by atoms with Crippen LogP contribution in [0.5, 0.6) is 0 Å². The fourth-order valence-corrected chi connectivity index (χ4v) is 0.269. The van der Waals surface area contributed by atoms with Crippen molar-refractivity contribution in [2.75, 3.05) is 19.8 Å². The van der Waals surface area contributed by atoms with Crippen molar-refractivity contribution < 1.29 is 14.3 Å². The minimum absolute atomic E-state index is 0.0911. The van der Waals surface area contributed by atoms with Crippen LogP contribution in [0.2, 0.25) is 0 Å². The maximum Gasteiger partial charge on any atom is 0.233 e. The van der Waals surface area contributed by atoms with Crippen LogP contribution in [0, 0.1) is 0 Å². The molecule has 0 radical (unpaired) electrons. The minimum atomic E-state index is -2.13. The topological polar surface area (TPSA) is 92.4 Å². The lowest BCUT2D eigenvalue weighted by Gasteiger charge is -1.93. The number of hydrogen-bond acceptors (Lipinski definition) is 3. The van der Waals surface area contributed by atoms with Crippen LogP contribution in [0.25, 0.3) is 0 Å². The van der Waals surface area contributed by atoms with Crippen LogP contribution in [-0.2, 0) is 9.36 Å². The van der Waals surface area contributed by atoms with Gasteiger partial charge in [-0.3, -0.25) is 9.36 Å². The van der Waals surface area contributed by atoms with Gasteiger partial charge in [-0.05, 0) is 6.92 Å². The molecule has 6 heteroatoms. The largest absolute Gasteiger partial charge is 0.355 e. The van der Waals surface area contributed by atoms with E-state index < -0.39 is 8.03 Å². The molecule has 1 atom stereocenters. The summed E-state index contributed by atoms with van der Waals surface area (Å²) in [7, 11) is -2.13. The number of nitrogens with one attached hydrogen (secondary N) is 1. The van der Waals surface area contributed by atoms with E-state index in [9.17, 15) is 9.36 Å². The van der Waals surface area contributed by atoms with Crippen molar-refractivity contribution in [1.29, 1.82) is 0 Å². The molecule has 0 heterocycles. The van der Waals surface area contributed by atoms with E-state index in [0.29, 0.717) is 6.54 Å². The highest BCUT2D eigenvalue weighted by atomic mass is 31.1. The van der Waals surface area contributed by atoms with E-state index in [1.54, 1.807) is 0 Å². The van der Waals surface area contributed by atoms with Gasteiger partial charge in [0.25, 0.3) is 0 Å². The summed E-state index contributed by atoms with van der Waals surface area (Å²) in [5, 5.41) is 2.53. The molecule has 11 heavy (non-hydrogen) atoms. The molecule has 0 aliphatic carbocycles. The van der Waals surface area contributed by atoms with Gasteiger partial charge in [-0.1, -0.05) is 0 Å². The van der Waals surface area contributed by atoms with Crippen LogP contribution in [0.15, 0.2) is 0 Å². The molecule has 0 aromatic carbocycles. The average molecular weight is 182 g/mol. The van der Waals surface area contributed by atoms with Crippen LogP contribution in [0.3, 0.4) is 0 Å². The zero-order chi connectivity index (χ0) is 9.28. The standard InChI is InChI=1S/C4H10N2O.CH5O2P/c1-2-6-4(7)3-5;1-4(2)3/h2-3,5H2,1H3,(H,6,7);4H,1H3,(H,2,3). The van der Waals surface area contributed by atoms with Crippen molar-refractivity contribution in [2.45, 2.75) is 6.92 Å². The second-order valence-electron chi connectivity index (χ2n) is 1.68. The summed E-state index contributed by atoms with van der Waals surface area (Å²) in [5.74, 6) is -0.0949. The lowest BCUT2D eigenvalue weighted by Crippen LogP contribution is -2.29. The Morgan fingerprint density at radius 1 is 1.73 bits per heavy atom. The van der Waals surface area contributed by atoms with Gasteiger partial charge in [-0.15, -0.1) is 0 Å². The highest BCUT2D eigenvalue weighted by molar-refractivity contribution is 7.36. The van der Waals surface area contributed by atoms with Crippen molar-refractivity contribution in [3.05, 3.63) is 0 Å². The molecule has 1 unspecified atom stereocenters. The third kappa shape index (κ3) is 26.2. The molecule has 5 nitrogen and oxygen atoms in total. The third-order valence-electron chi connectivity index (χ3n) is 0.559. The molecule has 0 bridgehead atoms. The van der Waals surface area contributed by atoms with Crippen molar-refractivity contribution in [2.24, 2.45) is 5.73 Å². The van der Waals surface area contributed by atoms with Crippen molar-refractivity contribution in [3.8, 4) is 0 Å². The van der Waals surface area contributed by atoms with Crippen molar-refractivity contribution in [1.82, 2.24) is 5.32 Å². The first kappa shape index (κ1) is 13.2. The molecule has 0 saturated heterocycles. The summed E-state index contributed by atoms with van der Waals surface area (Å²) >= 11 is 0. The molecule has 0 aromatic heterocycles. The zero-order valence-electron chi connectivity index (χ0n) is 6.76. The number of nitrogens with two attached hydrogens (primary N) is 1. The van der Waals surface area contributed by atoms with E-state index in [0.717, 1.165) is 0 Å². The van der Waals surface area contributed by atoms with Gasteiger partial charge in [0.05, 0.1) is 6.54 Å². The molecular formula is C5H15N2O3P. The van der Waals surface area contributed by atoms with Crippen molar-refractivity contribution >= 4 is 13.9 Å². The zero-order valence-corrected chi connectivity index (χ0v) is 7.76. The first-order valence-corrected chi connectivity index (χ1v) is 5.06. The van der Waals surface area contributed by atoms with Crippen LogP contribution in [-0.4, -0.2) is 30.6 Å². The molecule has 0 rings (SSSR count). The van der Waals surface area contributed by atoms with Crippen LogP contribution < -0.4 is 11.1 Å². The Labute approximate surface area is 66.8 Å². The van der Waals surface area contributed by atoms with Gasteiger partial charge < -0.3 is 15.9 Å². The monoisotopic (exact) mass is 182 g/mol. The Kier molecular flexibility index (Phi) is 11.6. The molecule has 68 valence electrons. The summed E-state index contributed by atoms with van der Waals surface area (Å²) in [6.45, 7) is 3.88. The SMILES string of the molecule is CCNC(=O)CN.C[PH](=O)O. The minimum Gasteiger partial charge on any atom is -0.355 e. The van der Waals surface area contributed by atoms with Gasteiger partial charge >= 0.3 is 0 Å². The summed E-state index contributed by atoms with van der Waals surface area (Å²) in [5.41, 5.74) is 4.95. The predicted octanol–water partition coefficient (Wildman–Crippen LogP) is -0.836. The quantitative estimate of drug-likeness (QED) is 0.486. The normalized spacial score (nSPS) is 10.9. The third-order valence-corrected chi connectivity index (χ3v) is 0.559. The average Bonchev–Trinajstić information content (AvgIpc) is 1.87. The molecule has 0 aliphatic heterocycles. The number of carbonyl (C=O) groups excluding carboxylic acids is 1. The van der Waals surface area contributed by atoms with Gasteiger partial charge in [0.15, 0.2) is 8.03 Å². The van der Waals surface area contributed by atoms with Crippen LogP contribution in [0.1, 0.15) is 6.92 Å². The first-order chi connectivity index (χ1) is 5.04. The maximum atomic E-state index is 10.2. The van der Waals surface area contributed by atoms with Crippen LogP contribution >= 0.6 is 8.03 Å². The molecule has 4 N–H and O–H groups in total. The highest BCUT2D eigenvalue weighted by Crippen LogP contribution is 1.99. The number of rotatable bonds is 2. The van der Waals surface area contributed by atoms with Gasteiger partial charge in [0.1, 0.15) is 0 Å². The lowest BCUT2D eigenvalue weighted by molar-refractivity contribution is -0.119. The summed E-state index contributed by atoms with van der Waals surface area (Å²) < 4.78 is 9.19. The molecule has 0 aliphatic rings. The predicted molar refractivity (Wildman–Crippen MR) is 44.9 cm³/mol. The molecule has 0 spiro atoms. The number of likely N-dealkylation sites (N-methyl/N-ethyl adjacent to an activating group) is 1. The second-order valence-corrected chi connectivity index (χ2v) is 2.71. The number of amides is 1. The Hall–Kier alpha value is -0.380. The molecule has 0 fully saturated rings.